The maximum absolute atomic E-state index is 6.21. The van der Waals surface area contributed by atoms with E-state index in [4.69, 9.17) is 27.9 Å². The highest BCUT2D eigenvalue weighted by atomic mass is 35.5. The van der Waals surface area contributed by atoms with Crippen molar-refractivity contribution < 1.29 is 4.74 Å². The molecule has 98 valence electrons. The van der Waals surface area contributed by atoms with Crippen LogP contribution in [0.5, 0.6) is 0 Å². The molecule has 0 bridgehead atoms. The SMILES string of the molecule is CCNC(Cc1ccc(Cl)cc1Cl)C1=CCCO1. The van der Waals surface area contributed by atoms with Gasteiger partial charge in [-0.2, -0.15) is 0 Å². The van der Waals surface area contributed by atoms with Crippen LogP contribution in [-0.2, 0) is 11.2 Å². The van der Waals surface area contributed by atoms with Gasteiger partial charge in [-0.15, -0.1) is 0 Å². The Hall–Kier alpha value is -0.700. The number of ether oxygens (including phenoxy) is 1. The molecule has 1 heterocycles. The molecule has 1 aliphatic rings. The van der Waals surface area contributed by atoms with Crippen LogP contribution in [0.25, 0.3) is 0 Å². The van der Waals surface area contributed by atoms with Gasteiger partial charge in [0.15, 0.2) is 0 Å². The molecule has 4 heteroatoms. The second kappa shape index (κ2) is 6.46. The van der Waals surface area contributed by atoms with Crippen molar-refractivity contribution in [3.63, 3.8) is 0 Å². The fraction of sp³-hybridized carbons (Fsp3) is 0.429. The molecule has 0 aliphatic carbocycles. The van der Waals surface area contributed by atoms with Gasteiger partial charge in [-0.1, -0.05) is 36.2 Å². The van der Waals surface area contributed by atoms with Crippen LogP contribution in [0, 0.1) is 0 Å². The molecular formula is C14H17Cl2NO. The molecular weight excluding hydrogens is 269 g/mol. The summed E-state index contributed by atoms with van der Waals surface area (Å²) in [4.78, 5) is 0. The fourth-order valence-corrected chi connectivity index (χ4v) is 2.59. The van der Waals surface area contributed by atoms with E-state index in [2.05, 4.69) is 18.3 Å². The first kappa shape index (κ1) is 13.7. The Bertz CT molecular complexity index is 445. The number of halogens is 2. The molecule has 1 atom stereocenters. The van der Waals surface area contributed by atoms with E-state index in [-0.39, 0.29) is 6.04 Å². The highest BCUT2D eigenvalue weighted by Gasteiger charge is 2.19. The van der Waals surface area contributed by atoms with Crippen molar-refractivity contribution in [1.29, 1.82) is 0 Å². The van der Waals surface area contributed by atoms with Crippen LogP contribution in [0.1, 0.15) is 18.9 Å². The normalized spacial score (nSPS) is 16.3. The summed E-state index contributed by atoms with van der Waals surface area (Å²) in [5.41, 5.74) is 1.09. The molecule has 0 aromatic heterocycles. The van der Waals surface area contributed by atoms with Crippen molar-refractivity contribution in [2.24, 2.45) is 0 Å². The maximum atomic E-state index is 6.21. The van der Waals surface area contributed by atoms with E-state index in [1.165, 1.54) is 0 Å². The van der Waals surface area contributed by atoms with Crippen molar-refractivity contribution in [1.82, 2.24) is 5.32 Å². The summed E-state index contributed by atoms with van der Waals surface area (Å²) in [5, 5.41) is 4.81. The van der Waals surface area contributed by atoms with Crippen molar-refractivity contribution in [2.45, 2.75) is 25.8 Å². The van der Waals surface area contributed by atoms with Gasteiger partial charge < -0.3 is 10.1 Å². The first-order valence-corrected chi connectivity index (χ1v) is 6.96. The third kappa shape index (κ3) is 3.41. The molecule has 0 saturated carbocycles. The van der Waals surface area contributed by atoms with Gasteiger partial charge in [0, 0.05) is 16.5 Å². The Morgan fingerprint density at radius 3 is 2.83 bits per heavy atom. The number of likely N-dealkylation sites (N-methyl/N-ethyl adjacent to an activating group) is 1. The highest BCUT2D eigenvalue weighted by molar-refractivity contribution is 6.35. The van der Waals surface area contributed by atoms with E-state index >= 15 is 0 Å². The second-order valence-electron chi connectivity index (χ2n) is 4.29. The first-order chi connectivity index (χ1) is 8.70. The van der Waals surface area contributed by atoms with Crippen molar-refractivity contribution in [3.8, 4) is 0 Å². The first-order valence-electron chi connectivity index (χ1n) is 6.21. The van der Waals surface area contributed by atoms with Gasteiger partial charge in [-0.05, 0) is 36.7 Å². The van der Waals surface area contributed by atoms with Crippen LogP contribution in [0.15, 0.2) is 30.0 Å². The van der Waals surface area contributed by atoms with Crippen LogP contribution in [0.2, 0.25) is 10.0 Å². The Morgan fingerprint density at radius 1 is 1.39 bits per heavy atom. The lowest BCUT2D eigenvalue weighted by Gasteiger charge is -2.19. The summed E-state index contributed by atoms with van der Waals surface area (Å²) in [6, 6.07) is 5.82. The van der Waals surface area contributed by atoms with Crippen molar-refractivity contribution in [3.05, 3.63) is 45.6 Å². The third-order valence-corrected chi connectivity index (χ3v) is 3.55. The minimum Gasteiger partial charge on any atom is -0.496 e. The van der Waals surface area contributed by atoms with E-state index < -0.39 is 0 Å². The zero-order valence-corrected chi connectivity index (χ0v) is 11.9. The summed E-state index contributed by atoms with van der Waals surface area (Å²) in [7, 11) is 0. The number of rotatable bonds is 5. The lowest BCUT2D eigenvalue weighted by molar-refractivity contribution is 0.215. The van der Waals surface area contributed by atoms with Gasteiger partial charge in [0.05, 0.1) is 12.6 Å². The summed E-state index contributed by atoms with van der Waals surface area (Å²) in [6.07, 6.45) is 3.96. The van der Waals surface area contributed by atoms with E-state index in [1.807, 2.05) is 12.1 Å². The highest BCUT2D eigenvalue weighted by Crippen LogP contribution is 2.24. The zero-order chi connectivity index (χ0) is 13.0. The zero-order valence-electron chi connectivity index (χ0n) is 10.4. The molecule has 0 amide bonds. The van der Waals surface area contributed by atoms with Gasteiger partial charge in [0.2, 0.25) is 0 Å². The van der Waals surface area contributed by atoms with Crippen molar-refractivity contribution >= 4 is 23.2 Å². The van der Waals surface area contributed by atoms with Gasteiger partial charge in [0.1, 0.15) is 5.76 Å². The summed E-state index contributed by atoms with van der Waals surface area (Å²) in [5.74, 6) is 1.03. The van der Waals surface area contributed by atoms with Crippen LogP contribution >= 0.6 is 23.2 Å². The molecule has 1 aromatic rings. The van der Waals surface area contributed by atoms with E-state index in [9.17, 15) is 0 Å². The number of hydrogen-bond acceptors (Lipinski definition) is 2. The molecule has 0 saturated heterocycles. The molecule has 1 aliphatic heterocycles. The molecule has 1 aromatic carbocycles. The average molecular weight is 286 g/mol. The molecule has 2 rings (SSSR count). The van der Waals surface area contributed by atoms with Crippen molar-refractivity contribution in [2.75, 3.05) is 13.2 Å². The Morgan fingerprint density at radius 2 is 2.22 bits per heavy atom. The molecule has 1 unspecified atom stereocenters. The average Bonchev–Trinajstić information content (AvgIpc) is 2.85. The van der Waals surface area contributed by atoms with Crippen LogP contribution in [0.4, 0.5) is 0 Å². The monoisotopic (exact) mass is 285 g/mol. The predicted molar refractivity (Wildman–Crippen MR) is 76.3 cm³/mol. The lowest BCUT2D eigenvalue weighted by atomic mass is 10.0. The minimum atomic E-state index is 0.191. The summed E-state index contributed by atoms with van der Waals surface area (Å²) < 4.78 is 5.63. The summed E-state index contributed by atoms with van der Waals surface area (Å²) in [6.45, 7) is 3.77. The Balaban J connectivity index is 2.12. The van der Waals surface area contributed by atoms with Crippen LogP contribution in [0.3, 0.4) is 0 Å². The maximum Gasteiger partial charge on any atom is 0.109 e. The minimum absolute atomic E-state index is 0.191. The number of nitrogens with one attached hydrogen (secondary N) is 1. The number of benzene rings is 1. The molecule has 2 nitrogen and oxygen atoms in total. The molecule has 18 heavy (non-hydrogen) atoms. The summed E-state index contributed by atoms with van der Waals surface area (Å²) >= 11 is 12.1. The lowest BCUT2D eigenvalue weighted by Crippen LogP contribution is -2.33. The Kier molecular flexibility index (Phi) is 4.93. The third-order valence-electron chi connectivity index (χ3n) is 2.97. The molecule has 0 fully saturated rings. The second-order valence-corrected chi connectivity index (χ2v) is 5.14. The van der Waals surface area contributed by atoms with E-state index in [1.54, 1.807) is 6.07 Å². The number of hydrogen-bond donors (Lipinski definition) is 1. The largest absolute Gasteiger partial charge is 0.496 e. The molecule has 1 N–H and O–H groups in total. The topological polar surface area (TPSA) is 21.3 Å². The molecule has 0 radical (unpaired) electrons. The van der Waals surface area contributed by atoms with E-state index in [0.717, 1.165) is 37.3 Å². The van der Waals surface area contributed by atoms with Crippen LogP contribution < -0.4 is 5.32 Å². The molecule has 0 spiro atoms. The van der Waals surface area contributed by atoms with E-state index in [0.29, 0.717) is 10.0 Å². The van der Waals surface area contributed by atoms with Gasteiger partial charge in [-0.25, -0.2) is 0 Å². The van der Waals surface area contributed by atoms with Gasteiger partial charge >= 0.3 is 0 Å². The van der Waals surface area contributed by atoms with Gasteiger partial charge in [0.25, 0.3) is 0 Å². The standard InChI is InChI=1S/C14H17Cl2NO/c1-2-17-13(14-4-3-7-18-14)8-10-5-6-11(15)9-12(10)16/h4-6,9,13,17H,2-3,7-8H2,1H3. The quantitative estimate of drug-likeness (QED) is 0.888. The predicted octanol–water partition coefficient (Wildman–Crippen LogP) is 3.82. The fourth-order valence-electron chi connectivity index (χ4n) is 2.11. The Labute approximate surface area is 118 Å². The van der Waals surface area contributed by atoms with Crippen LogP contribution in [-0.4, -0.2) is 19.2 Å². The smallest absolute Gasteiger partial charge is 0.109 e. The van der Waals surface area contributed by atoms with Gasteiger partial charge in [-0.3, -0.25) is 0 Å².